The van der Waals surface area contributed by atoms with Crippen molar-refractivity contribution in [3.8, 4) is 17.3 Å². The van der Waals surface area contributed by atoms with Crippen LogP contribution in [-0.2, 0) is 6.54 Å². The standard InChI is InChI=1S/C33H33N5O2/c1-22(2)24-15-17-25(18-16-24)31-30-14-9-19-36(30)32-29(23(3)35-38(32)27-11-6-5-7-12-27)21-37(31)33(39)34-26-10-8-13-28(20-26)40-4/h5-20,22,31H,21H2,1-4H3,(H,34,39)/t31-/m0/s1. The number of rotatable bonds is 5. The molecule has 7 nitrogen and oxygen atoms in total. The number of carbonyl (C=O) groups excluding carboxylic acids is 1. The number of aromatic nitrogens is 3. The summed E-state index contributed by atoms with van der Waals surface area (Å²) < 4.78 is 9.55. The highest BCUT2D eigenvalue weighted by atomic mass is 16.5. The molecule has 1 N–H and O–H groups in total. The first kappa shape index (κ1) is 25.5. The fraction of sp³-hybridized carbons (Fsp3) is 0.212. The summed E-state index contributed by atoms with van der Waals surface area (Å²) in [5.74, 6) is 2.05. The third-order valence-electron chi connectivity index (χ3n) is 7.59. The predicted molar refractivity (Wildman–Crippen MR) is 158 cm³/mol. The molecule has 2 amide bonds. The van der Waals surface area contributed by atoms with Crippen LogP contribution in [0.15, 0.2) is 97.2 Å². The summed E-state index contributed by atoms with van der Waals surface area (Å²) in [6.45, 7) is 6.78. The molecule has 40 heavy (non-hydrogen) atoms. The fourth-order valence-corrected chi connectivity index (χ4v) is 5.46. The fourth-order valence-electron chi connectivity index (χ4n) is 5.46. The van der Waals surface area contributed by atoms with E-state index in [1.165, 1.54) is 5.56 Å². The van der Waals surface area contributed by atoms with Crippen molar-refractivity contribution in [2.75, 3.05) is 12.4 Å². The van der Waals surface area contributed by atoms with E-state index in [0.717, 1.165) is 34.0 Å². The molecular formula is C33H33N5O2. The summed E-state index contributed by atoms with van der Waals surface area (Å²) in [5.41, 5.74) is 6.84. The van der Waals surface area contributed by atoms with Crippen molar-refractivity contribution >= 4 is 11.7 Å². The lowest BCUT2D eigenvalue weighted by Crippen LogP contribution is -2.38. The van der Waals surface area contributed by atoms with Gasteiger partial charge in [0.25, 0.3) is 0 Å². The van der Waals surface area contributed by atoms with Crippen LogP contribution in [-0.4, -0.2) is 32.4 Å². The molecule has 1 aliphatic rings. The quantitative estimate of drug-likeness (QED) is 0.260. The maximum absolute atomic E-state index is 14.1. The van der Waals surface area contributed by atoms with Crippen LogP contribution in [0.4, 0.5) is 10.5 Å². The van der Waals surface area contributed by atoms with Gasteiger partial charge in [0, 0.05) is 23.5 Å². The van der Waals surface area contributed by atoms with E-state index in [-0.39, 0.29) is 12.1 Å². The van der Waals surface area contributed by atoms with Crippen LogP contribution < -0.4 is 10.1 Å². The van der Waals surface area contributed by atoms with E-state index in [9.17, 15) is 4.79 Å². The Hall–Kier alpha value is -4.78. The average molecular weight is 532 g/mol. The molecule has 6 rings (SSSR count). The number of fused-ring (bicyclic) bond motifs is 3. The van der Waals surface area contributed by atoms with Gasteiger partial charge in [-0.3, -0.25) is 0 Å². The van der Waals surface area contributed by atoms with Crippen LogP contribution in [0.25, 0.3) is 11.5 Å². The highest BCUT2D eigenvalue weighted by Crippen LogP contribution is 2.39. The number of hydrogen-bond donors (Lipinski definition) is 1. The van der Waals surface area contributed by atoms with Gasteiger partial charge in [-0.15, -0.1) is 0 Å². The average Bonchev–Trinajstić information content (AvgIpc) is 3.54. The van der Waals surface area contributed by atoms with E-state index < -0.39 is 0 Å². The van der Waals surface area contributed by atoms with Gasteiger partial charge in [0.1, 0.15) is 11.6 Å². The third-order valence-corrected chi connectivity index (χ3v) is 7.59. The smallest absolute Gasteiger partial charge is 0.322 e. The Morgan fingerprint density at radius 3 is 2.48 bits per heavy atom. The van der Waals surface area contributed by atoms with Crippen molar-refractivity contribution in [1.82, 2.24) is 19.2 Å². The zero-order valence-electron chi connectivity index (χ0n) is 23.2. The summed E-state index contributed by atoms with van der Waals surface area (Å²) in [7, 11) is 1.62. The van der Waals surface area contributed by atoms with E-state index in [0.29, 0.717) is 23.9 Å². The summed E-state index contributed by atoms with van der Waals surface area (Å²) >= 11 is 0. The summed E-state index contributed by atoms with van der Waals surface area (Å²) in [6.07, 6.45) is 2.06. The van der Waals surface area contributed by atoms with Gasteiger partial charge >= 0.3 is 6.03 Å². The monoisotopic (exact) mass is 531 g/mol. The van der Waals surface area contributed by atoms with Crippen molar-refractivity contribution in [2.45, 2.75) is 39.3 Å². The Kier molecular flexibility index (Phi) is 6.64. The van der Waals surface area contributed by atoms with Gasteiger partial charge in [0.05, 0.1) is 36.8 Å². The van der Waals surface area contributed by atoms with E-state index in [1.54, 1.807) is 7.11 Å². The highest BCUT2D eigenvalue weighted by molar-refractivity contribution is 5.90. The molecular weight excluding hydrogens is 498 g/mol. The molecule has 2 aromatic heterocycles. The normalized spacial score (nSPS) is 14.4. The lowest BCUT2D eigenvalue weighted by atomic mass is 9.97. The Morgan fingerprint density at radius 1 is 0.975 bits per heavy atom. The molecule has 0 fully saturated rings. The molecule has 3 aromatic carbocycles. The number of amides is 2. The first-order valence-electron chi connectivity index (χ1n) is 13.6. The molecule has 1 aliphatic heterocycles. The van der Waals surface area contributed by atoms with Gasteiger partial charge in [-0.1, -0.05) is 62.4 Å². The maximum Gasteiger partial charge on any atom is 0.322 e. The minimum absolute atomic E-state index is 0.196. The first-order valence-corrected chi connectivity index (χ1v) is 13.6. The number of nitrogens with zero attached hydrogens (tertiary/aromatic N) is 4. The summed E-state index contributed by atoms with van der Waals surface area (Å²) in [6, 6.07) is 29.8. The molecule has 7 heteroatoms. The zero-order chi connectivity index (χ0) is 27.8. The Morgan fingerprint density at radius 2 is 1.75 bits per heavy atom. The number of urea groups is 1. The highest BCUT2D eigenvalue weighted by Gasteiger charge is 2.36. The lowest BCUT2D eigenvalue weighted by molar-refractivity contribution is 0.194. The number of nitrogens with one attached hydrogen (secondary N) is 1. The van der Waals surface area contributed by atoms with Crippen LogP contribution in [0, 0.1) is 6.92 Å². The summed E-state index contributed by atoms with van der Waals surface area (Å²) in [5, 5.41) is 8.06. The second kappa shape index (κ2) is 10.4. The Labute approximate surface area is 234 Å². The molecule has 5 aromatic rings. The van der Waals surface area contributed by atoms with Crippen LogP contribution >= 0.6 is 0 Å². The molecule has 0 aliphatic carbocycles. The lowest BCUT2D eigenvalue weighted by Gasteiger charge is -2.31. The van der Waals surface area contributed by atoms with E-state index >= 15 is 0 Å². The third kappa shape index (κ3) is 4.53. The molecule has 3 heterocycles. The number of hydrogen-bond acceptors (Lipinski definition) is 3. The minimum atomic E-state index is -0.321. The number of para-hydroxylation sites is 1. The van der Waals surface area contributed by atoms with Crippen molar-refractivity contribution in [2.24, 2.45) is 0 Å². The zero-order valence-corrected chi connectivity index (χ0v) is 23.2. The van der Waals surface area contributed by atoms with Crippen molar-refractivity contribution in [3.05, 3.63) is 125 Å². The molecule has 0 unspecified atom stereocenters. The van der Waals surface area contributed by atoms with Crippen molar-refractivity contribution in [3.63, 3.8) is 0 Å². The van der Waals surface area contributed by atoms with Crippen LogP contribution in [0.1, 0.15) is 53.9 Å². The minimum Gasteiger partial charge on any atom is -0.497 e. The first-order chi connectivity index (χ1) is 19.4. The Balaban J connectivity index is 1.51. The van der Waals surface area contributed by atoms with Gasteiger partial charge in [-0.2, -0.15) is 5.10 Å². The Bertz CT molecular complexity index is 1650. The van der Waals surface area contributed by atoms with Gasteiger partial charge in [-0.25, -0.2) is 9.48 Å². The SMILES string of the molecule is COc1cccc(NC(=O)N2Cc3c(C)nn(-c4ccccc4)c3-n3cccc3[C@@H]2c2ccc(C(C)C)cc2)c1. The molecule has 0 bridgehead atoms. The van der Waals surface area contributed by atoms with Gasteiger partial charge in [0.15, 0.2) is 0 Å². The number of methoxy groups -OCH3 is 1. The van der Waals surface area contributed by atoms with Gasteiger partial charge in [0.2, 0.25) is 0 Å². The number of aryl methyl sites for hydroxylation is 1. The van der Waals surface area contributed by atoms with Crippen LogP contribution in [0.2, 0.25) is 0 Å². The molecule has 1 atom stereocenters. The second-order valence-corrected chi connectivity index (χ2v) is 10.5. The van der Waals surface area contributed by atoms with E-state index in [2.05, 4.69) is 72.4 Å². The van der Waals surface area contributed by atoms with E-state index in [1.807, 2.05) is 65.0 Å². The number of ether oxygens (including phenoxy) is 1. The van der Waals surface area contributed by atoms with Crippen LogP contribution in [0.3, 0.4) is 0 Å². The van der Waals surface area contributed by atoms with Gasteiger partial charge in [-0.05, 0) is 60.4 Å². The molecule has 202 valence electrons. The second-order valence-electron chi connectivity index (χ2n) is 10.5. The number of benzene rings is 3. The number of carbonyl (C=O) groups is 1. The maximum atomic E-state index is 14.1. The molecule has 0 spiro atoms. The molecule has 0 saturated carbocycles. The van der Waals surface area contributed by atoms with Crippen molar-refractivity contribution in [1.29, 1.82) is 0 Å². The predicted octanol–water partition coefficient (Wildman–Crippen LogP) is 7.24. The molecule has 0 radical (unpaired) electrons. The number of anilines is 1. The largest absolute Gasteiger partial charge is 0.497 e. The van der Waals surface area contributed by atoms with Crippen LogP contribution in [0.5, 0.6) is 5.75 Å². The van der Waals surface area contributed by atoms with Gasteiger partial charge < -0.3 is 19.5 Å². The van der Waals surface area contributed by atoms with Crippen molar-refractivity contribution < 1.29 is 9.53 Å². The molecule has 0 saturated heterocycles. The summed E-state index contributed by atoms with van der Waals surface area (Å²) in [4.78, 5) is 16.1. The van der Waals surface area contributed by atoms with E-state index in [4.69, 9.17) is 9.84 Å². The topological polar surface area (TPSA) is 64.3 Å².